The highest BCUT2D eigenvalue weighted by atomic mass is 79.9. The summed E-state index contributed by atoms with van der Waals surface area (Å²) in [5.74, 6) is 0.812. The molecular weight excluding hydrogens is 306 g/mol. The number of benzene rings is 1. The van der Waals surface area contributed by atoms with E-state index in [-0.39, 0.29) is 6.04 Å². The molecule has 2 rings (SSSR count). The highest BCUT2D eigenvalue weighted by Gasteiger charge is 2.10. The summed E-state index contributed by atoms with van der Waals surface area (Å²) in [6, 6.07) is 5.78. The van der Waals surface area contributed by atoms with Crippen molar-refractivity contribution in [2.45, 2.75) is 19.4 Å². The number of hydrogen-bond donors (Lipinski definition) is 1. The Balaban J connectivity index is 2.12. The number of rotatable bonds is 4. The average molecular weight is 322 g/mol. The molecule has 2 N–H and O–H groups in total. The Morgan fingerprint density at radius 1 is 1.32 bits per heavy atom. The quantitative estimate of drug-likeness (QED) is 0.940. The minimum absolute atomic E-state index is 0.159. The van der Waals surface area contributed by atoms with Crippen LogP contribution in [0.3, 0.4) is 0 Å². The second kappa shape index (κ2) is 6.12. The second-order valence-electron chi connectivity index (χ2n) is 4.36. The molecule has 1 heterocycles. The number of nitrogens with two attached hydrogens (primary N) is 1. The van der Waals surface area contributed by atoms with Gasteiger partial charge in [-0.1, -0.05) is 6.07 Å². The maximum atomic E-state index is 6.15. The number of hydrogen-bond acceptors (Lipinski definition) is 4. The lowest BCUT2D eigenvalue weighted by atomic mass is 10.0. The molecule has 0 saturated heterocycles. The molecule has 100 valence electrons. The fraction of sp³-hybridized carbons (Fsp3) is 0.286. The van der Waals surface area contributed by atoms with Gasteiger partial charge in [-0.25, -0.2) is 0 Å². The van der Waals surface area contributed by atoms with Gasteiger partial charge < -0.3 is 10.5 Å². The van der Waals surface area contributed by atoms with Crippen LogP contribution in [-0.4, -0.2) is 17.1 Å². The van der Waals surface area contributed by atoms with E-state index in [9.17, 15) is 0 Å². The molecular formula is C14H16BrN3O. The maximum Gasteiger partial charge on any atom is 0.133 e. The molecule has 2 aromatic rings. The van der Waals surface area contributed by atoms with Crippen LogP contribution in [0, 0.1) is 6.92 Å². The van der Waals surface area contributed by atoms with Crippen molar-refractivity contribution >= 4 is 15.9 Å². The van der Waals surface area contributed by atoms with Gasteiger partial charge in [0.25, 0.3) is 0 Å². The first kappa shape index (κ1) is 14.0. The average Bonchev–Trinajstić information content (AvgIpc) is 2.39. The minimum Gasteiger partial charge on any atom is -0.496 e. The molecule has 0 fully saturated rings. The number of nitrogens with zero attached hydrogens (tertiary/aromatic N) is 2. The fourth-order valence-corrected chi connectivity index (χ4v) is 2.38. The van der Waals surface area contributed by atoms with Crippen LogP contribution >= 0.6 is 15.9 Å². The SMILES string of the molecule is COc1ccc(CC(N)c2cnc(C)cn2)cc1Br. The summed E-state index contributed by atoms with van der Waals surface area (Å²) in [7, 11) is 1.65. The van der Waals surface area contributed by atoms with Crippen LogP contribution < -0.4 is 10.5 Å². The Morgan fingerprint density at radius 3 is 2.68 bits per heavy atom. The lowest BCUT2D eigenvalue weighted by molar-refractivity contribution is 0.412. The largest absolute Gasteiger partial charge is 0.496 e. The van der Waals surface area contributed by atoms with E-state index in [0.717, 1.165) is 27.2 Å². The Bertz CT molecular complexity index is 557. The van der Waals surface area contributed by atoms with E-state index in [1.165, 1.54) is 0 Å². The van der Waals surface area contributed by atoms with E-state index in [1.807, 2.05) is 25.1 Å². The molecule has 1 atom stereocenters. The van der Waals surface area contributed by atoms with Gasteiger partial charge in [0.1, 0.15) is 5.75 Å². The van der Waals surface area contributed by atoms with Crippen molar-refractivity contribution < 1.29 is 4.74 Å². The summed E-state index contributed by atoms with van der Waals surface area (Å²) in [6.07, 6.45) is 4.18. The second-order valence-corrected chi connectivity index (χ2v) is 5.22. The summed E-state index contributed by atoms with van der Waals surface area (Å²) in [5, 5.41) is 0. The molecule has 0 saturated carbocycles. The Kier molecular flexibility index (Phi) is 4.50. The summed E-state index contributed by atoms with van der Waals surface area (Å²) < 4.78 is 6.13. The van der Waals surface area contributed by atoms with E-state index >= 15 is 0 Å². The van der Waals surface area contributed by atoms with Gasteiger partial charge >= 0.3 is 0 Å². The summed E-state index contributed by atoms with van der Waals surface area (Å²) >= 11 is 3.47. The smallest absolute Gasteiger partial charge is 0.133 e. The van der Waals surface area contributed by atoms with Crippen LogP contribution in [0.25, 0.3) is 0 Å². The first-order valence-corrected chi connectivity index (χ1v) is 6.76. The number of aromatic nitrogens is 2. The topological polar surface area (TPSA) is 61.0 Å². The van der Waals surface area contributed by atoms with Gasteiger partial charge in [-0.2, -0.15) is 0 Å². The molecule has 5 heteroatoms. The van der Waals surface area contributed by atoms with Crippen LogP contribution in [0.2, 0.25) is 0 Å². The molecule has 1 aromatic carbocycles. The molecule has 0 aliphatic heterocycles. The number of ether oxygens (including phenoxy) is 1. The van der Waals surface area contributed by atoms with E-state index in [1.54, 1.807) is 19.5 Å². The van der Waals surface area contributed by atoms with Crippen molar-refractivity contribution in [3.8, 4) is 5.75 Å². The van der Waals surface area contributed by atoms with Gasteiger partial charge in [-0.15, -0.1) is 0 Å². The third-order valence-corrected chi connectivity index (χ3v) is 3.47. The molecule has 0 amide bonds. The van der Waals surface area contributed by atoms with Gasteiger partial charge in [0.15, 0.2) is 0 Å². The van der Waals surface area contributed by atoms with Crippen LogP contribution in [0.5, 0.6) is 5.75 Å². The Morgan fingerprint density at radius 2 is 2.11 bits per heavy atom. The van der Waals surface area contributed by atoms with Crippen LogP contribution in [0.15, 0.2) is 35.1 Å². The van der Waals surface area contributed by atoms with Gasteiger partial charge in [-0.05, 0) is 47.0 Å². The molecule has 0 spiro atoms. The van der Waals surface area contributed by atoms with E-state index in [2.05, 4.69) is 25.9 Å². The van der Waals surface area contributed by atoms with Crippen LogP contribution in [0.4, 0.5) is 0 Å². The van der Waals surface area contributed by atoms with Crippen molar-refractivity contribution in [2.24, 2.45) is 5.73 Å². The predicted molar refractivity (Wildman–Crippen MR) is 78.1 cm³/mol. The van der Waals surface area contributed by atoms with Gasteiger partial charge in [0.05, 0.1) is 35.2 Å². The normalized spacial score (nSPS) is 12.2. The van der Waals surface area contributed by atoms with E-state index < -0.39 is 0 Å². The van der Waals surface area contributed by atoms with Crippen molar-refractivity contribution in [3.63, 3.8) is 0 Å². The third-order valence-electron chi connectivity index (χ3n) is 2.85. The zero-order valence-corrected chi connectivity index (χ0v) is 12.5. The first-order valence-electron chi connectivity index (χ1n) is 5.96. The molecule has 0 aliphatic carbocycles. The van der Waals surface area contributed by atoms with E-state index in [0.29, 0.717) is 6.42 Å². The summed E-state index contributed by atoms with van der Waals surface area (Å²) in [4.78, 5) is 8.52. The zero-order chi connectivity index (χ0) is 13.8. The molecule has 0 aliphatic rings. The van der Waals surface area contributed by atoms with Gasteiger partial charge in [-0.3, -0.25) is 9.97 Å². The predicted octanol–water partition coefficient (Wildman–Crippen LogP) is 2.80. The number of aryl methyl sites for hydroxylation is 1. The van der Waals surface area contributed by atoms with E-state index in [4.69, 9.17) is 10.5 Å². The standard InChI is InChI=1S/C14H16BrN3O/c1-9-7-18-13(8-17-9)12(16)6-10-3-4-14(19-2)11(15)5-10/h3-5,7-8,12H,6,16H2,1-2H3. The highest BCUT2D eigenvalue weighted by molar-refractivity contribution is 9.10. The van der Waals surface area contributed by atoms with Crippen LogP contribution in [0.1, 0.15) is 23.0 Å². The molecule has 1 unspecified atom stereocenters. The molecule has 0 radical (unpaired) electrons. The van der Waals surface area contributed by atoms with Gasteiger partial charge in [0.2, 0.25) is 0 Å². The Hall–Kier alpha value is -1.46. The molecule has 1 aromatic heterocycles. The number of methoxy groups -OCH3 is 1. The zero-order valence-electron chi connectivity index (χ0n) is 10.9. The first-order chi connectivity index (χ1) is 9.10. The lowest BCUT2D eigenvalue weighted by Crippen LogP contribution is -2.15. The van der Waals surface area contributed by atoms with Crippen molar-refractivity contribution in [2.75, 3.05) is 7.11 Å². The summed E-state index contributed by atoms with van der Waals surface area (Å²) in [5.41, 5.74) is 8.97. The molecule has 4 nitrogen and oxygen atoms in total. The Labute approximate surface area is 121 Å². The van der Waals surface area contributed by atoms with Crippen molar-refractivity contribution in [1.29, 1.82) is 0 Å². The molecule has 19 heavy (non-hydrogen) atoms. The monoisotopic (exact) mass is 321 g/mol. The summed E-state index contributed by atoms with van der Waals surface area (Å²) in [6.45, 7) is 1.91. The van der Waals surface area contributed by atoms with Crippen molar-refractivity contribution in [3.05, 3.63) is 52.0 Å². The molecule has 0 bridgehead atoms. The minimum atomic E-state index is -0.159. The van der Waals surface area contributed by atoms with Gasteiger partial charge in [0, 0.05) is 6.20 Å². The third kappa shape index (κ3) is 3.52. The maximum absolute atomic E-state index is 6.15. The number of halogens is 1. The lowest BCUT2D eigenvalue weighted by Gasteiger charge is -2.12. The fourth-order valence-electron chi connectivity index (χ4n) is 1.79. The van der Waals surface area contributed by atoms with Crippen LogP contribution in [-0.2, 0) is 6.42 Å². The van der Waals surface area contributed by atoms with Crippen molar-refractivity contribution in [1.82, 2.24) is 9.97 Å². The highest BCUT2D eigenvalue weighted by Crippen LogP contribution is 2.27.